The molecule has 2 aromatic rings. The molecule has 0 aliphatic heterocycles. The Bertz CT molecular complexity index is 687. The predicted octanol–water partition coefficient (Wildman–Crippen LogP) is 2.12. The van der Waals surface area contributed by atoms with Crippen molar-refractivity contribution >= 4 is 15.7 Å². The van der Waals surface area contributed by atoms with Crippen molar-refractivity contribution in [1.82, 2.24) is 9.97 Å². The second kappa shape index (κ2) is 5.96. The Morgan fingerprint density at radius 3 is 2.45 bits per heavy atom. The van der Waals surface area contributed by atoms with Gasteiger partial charge in [0, 0.05) is 12.0 Å². The number of nitrogens with zero attached hydrogens (tertiary/aromatic N) is 2. The first-order chi connectivity index (χ1) is 9.50. The van der Waals surface area contributed by atoms with Crippen LogP contribution in [0.4, 0.5) is 10.1 Å². The van der Waals surface area contributed by atoms with Crippen LogP contribution < -0.4 is 4.72 Å². The Labute approximate surface area is 116 Å². The number of anilines is 1. The summed E-state index contributed by atoms with van der Waals surface area (Å²) in [5, 5.41) is 0. The van der Waals surface area contributed by atoms with Crippen LogP contribution >= 0.6 is 0 Å². The fourth-order valence-electron chi connectivity index (χ4n) is 1.63. The van der Waals surface area contributed by atoms with Gasteiger partial charge < -0.3 is 0 Å². The van der Waals surface area contributed by atoms with Gasteiger partial charge in [-0.15, -0.1) is 0 Å². The molecular weight excluding hydrogens is 281 g/mol. The maximum atomic E-state index is 13.4. The third kappa shape index (κ3) is 3.74. The lowest BCUT2D eigenvalue weighted by Gasteiger charge is -2.08. The monoisotopic (exact) mass is 295 g/mol. The molecule has 0 atom stereocenters. The Morgan fingerprint density at radius 1 is 1.20 bits per heavy atom. The SMILES string of the molecule is CCc1ncc(NS(=O)(=O)Cc2ccccc2F)cn1. The average molecular weight is 295 g/mol. The fourth-order valence-corrected chi connectivity index (χ4v) is 2.81. The van der Waals surface area contributed by atoms with Gasteiger partial charge in [0.2, 0.25) is 10.0 Å². The molecule has 5 nitrogen and oxygen atoms in total. The van der Waals surface area contributed by atoms with Crippen molar-refractivity contribution in [3.05, 3.63) is 53.9 Å². The van der Waals surface area contributed by atoms with Gasteiger partial charge >= 0.3 is 0 Å². The highest BCUT2D eigenvalue weighted by molar-refractivity contribution is 7.91. The Kier molecular flexibility index (Phi) is 4.29. The van der Waals surface area contributed by atoms with Gasteiger partial charge in [-0.25, -0.2) is 22.8 Å². The topological polar surface area (TPSA) is 72.0 Å². The molecular formula is C13H14FN3O2S. The van der Waals surface area contributed by atoms with Crippen LogP contribution in [0.5, 0.6) is 0 Å². The Balaban J connectivity index is 2.13. The summed E-state index contributed by atoms with van der Waals surface area (Å²) in [6, 6.07) is 5.76. The number of halogens is 1. The minimum atomic E-state index is -3.70. The van der Waals surface area contributed by atoms with Gasteiger partial charge in [0.15, 0.2) is 0 Å². The van der Waals surface area contributed by atoms with Crippen molar-refractivity contribution in [1.29, 1.82) is 0 Å². The molecule has 7 heteroatoms. The van der Waals surface area contributed by atoms with Crippen molar-refractivity contribution in [3.63, 3.8) is 0 Å². The lowest BCUT2D eigenvalue weighted by atomic mass is 10.2. The van der Waals surface area contributed by atoms with E-state index < -0.39 is 21.6 Å². The van der Waals surface area contributed by atoms with Gasteiger partial charge in [-0.2, -0.15) is 0 Å². The van der Waals surface area contributed by atoms with E-state index in [2.05, 4.69) is 14.7 Å². The zero-order valence-electron chi connectivity index (χ0n) is 10.9. The Morgan fingerprint density at radius 2 is 1.85 bits per heavy atom. The van der Waals surface area contributed by atoms with E-state index >= 15 is 0 Å². The molecule has 1 N–H and O–H groups in total. The number of aromatic nitrogens is 2. The van der Waals surface area contributed by atoms with Crippen LogP contribution in [-0.2, 0) is 22.2 Å². The van der Waals surface area contributed by atoms with E-state index in [1.807, 2.05) is 6.92 Å². The summed E-state index contributed by atoms with van der Waals surface area (Å²) in [6.45, 7) is 1.90. The zero-order chi connectivity index (χ0) is 14.6. The molecule has 0 fully saturated rings. The van der Waals surface area contributed by atoms with Gasteiger partial charge in [-0.3, -0.25) is 4.72 Å². The minimum Gasteiger partial charge on any atom is -0.280 e. The first-order valence-electron chi connectivity index (χ1n) is 6.05. The van der Waals surface area contributed by atoms with E-state index in [4.69, 9.17) is 0 Å². The number of aryl methyl sites for hydroxylation is 1. The summed E-state index contributed by atoms with van der Waals surface area (Å²) >= 11 is 0. The molecule has 0 radical (unpaired) electrons. The van der Waals surface area contributed by atoms with Crippen LogP contribution in [0.15, 0.2) is 36.7 Å². The van der Waals surface area contributed by atoms with Gasteiger partial charge in [-0.1, -0.05) is 25.1 Å². The van der Waals surface area contributed by atoms with Crippen molar-refractivity contribution in [2.45, 2.75) is 19.1 Å². The van der Waals surface area contributed by atoms with Crippen LogP contribution in [0.3, 0.4) is 0 Å². The average Bonchev–Trinajstić information content (AvgIpc) is 2.41. The van der Waals surface area contributed by atoms with Crippen LogP contribution in [0.2, 0.25) is 0 Å². The molecule has 0 bridgehead atoms. The van der Waals surface area contributed by atoms with Crippen LogP contribution in [0.1, 0.15) is 18.3 Å². The molecule has 0 aliphatic rings. The molecule has 0 amide bonds. The molecule has 2 rings (SSSR count). The quantitative estimate of drug-likeness (QED) is 0.917. The summed E-state index contributed by atoms with van der Waals surface area (Å²) in [5.41, 5.74) is 0.379. The number of hydrogen-bond acceptors (Lipinski definition) is 4. The second-order valence-corrected chi connectivity index (χ2v) is 5.92. The normalized spacial score (nSPS) is 11.3. The van der Waals surface area contributed by atoms with Gasteiger partial charge in [0.25, 0.3) is 0 Å². The van der Waals surface area contributed by atoms with Crippen LogP contribution in [0, 0.1) is 5.82 Å². The lowest BCUT2D eigenvalue weighted by molar-refractivity contribution is 0.591. The Hall–Kier alpha value is -2.02. The van der Waals surface area contributed by atoms with E-state index in [0.29, 0.717) is 12.2 Å². The van der Waals surface area contributed by atoms with E-state index in [1.165, 1.54) is 30.6 Å². The molecule has 1 heterocycles. The van der Waals surface area contributed by atoms with Crippen molar-refractivity contribution < 1.29 is 12.8 Å². The van der Waals surface area contributed by atoms with Gasteiger partial charge in [0.05, 0.1) is 23.8 Å². The zero-order valence-corrected chi connectivity index (χ0v) is 11.7. The van der Waals surface area contributed by atoms with Gasteiger partial charge in [-0.05, 0) is 6.07 Å². The molecule has 0 spiro atoms. The van der Waals surface area contributed by atoms with E-state index in [9.17, 15) is 12.8 Å². The van der Waals surface area contributed by atoms with E-state index in [1.54, 1.807) is 6.07 Å². The second-order valence-electron chi connectivity index (χ2n) is 4.19. The maximum Gasteiger partial charge on any atom is 0.237 e. The number of hydrogen-bond donors (Lipinski definition) is 1. The predicted molar refractivity (Wildman–Crippen MR) is 74.1 cm³/mol. The third-order valence-corrected chi connectivity index (χ3v) is 3.84. The summed E-state index contributed by atoms with van der Waals surface area (Å²) < 4.78 is 39.7. The smallest absolute Gasteiger partial charge is 0.237 e. The highest BCUT2D eigenvalue weighted by Gasteiger charge is 2.14. The number of rotatable bonds is 5. The highest BCUT2D eigenvalue weighted by atomic mass is 32.2. The van der Waals surface area contributed by atoms with E-state index in [0.717, 1.165) is 0 Å². The molecule has 1 aromatic carbocycles. The standard InChI is InChI=1S/C13H14FN3O2S/c1-2-13-15-7-11(8-16-13)17-20(18,19)9-10-5-3-4-6-12(10)14/h3-8,17H,2,9H2,1H3. The van der Waals surface area contributed by atoms with Crippen LogP contribution in [0.25, 0.3) is 0 Å². The highest BCUT2D eigenvalue weighted by Crippen LogP contribution is 2.13. The third-order valence-electron chi connectivity index (χ3n) is 2.60. The summed E-state index contributed by atoms with van der Waals surface area (Å²) in [7, 11) is -3.70. The molecule has 0 aliphatic carbocycles. The lowest BCUT2D eigenvalue weighted by Crippen LogP contribution is -2.16. The van der Waals surface area contributed by atoms with Crippen molar-refractivity contribution in [3.8, 4) is 0 Å². The minimum absolute atomic E-state index is 0.117. The number of sulfonamides is 1. The first-order valence-corrected chi connectivity index (χ1v) is 7.70. The number of benzene rings is 1. The van der Waals surface area contributed by atoms with Crippen molar-refractivity contribution in [2.75, 3.05) is 4.72 Å². The summed E-state index contributed by atoms with van der Waals surface area (Å²) in [4.78, 5) is 7.99. The van der Waals surface area contributed by atoms with Crippen LogP contribution in [-0.4, -0.2) is 18.4 Å². The molecule has 0 saturated carbocycles. The molecule has 1 aromatic heterocycles. The largest absolute Gasteiger partial charge is 0.280 e. The summed E-state index contributed by atoms with van der Waals surface area (Å²) in [5.74, 6) is -0.354. The fraction of sp³-hybridized carbons (Fsp3) is 0.231. The van der Waals surface area contributed by atoms with E-state index in [-0.39, 0.29) is 11.3 Å². The summed E-state index contributed by atoms with van der Waals surface area (Å²) in [6.07, 6.45) is 3.46. The maximum absolute atomic E-state index is 13.4. The molecule has 20 heavy (non-hydrogen) atoms. The van der Waals surface area contributed by atoms with Gasteiger partial charge in [0.1, 0.15) is 11.6 Å². The van der Waals surface area contributed by atoms with Crippen molar-refractivity contribution in [2.24, 2.45) is 0 Å². The first kappa shape index (κ1) is 14.4. The molecule has 0 saturated heterocycles. The molecule has 106 valence electrons. The number of nitrogens with one attached hydrogen (secondary N) is 1. The molecule has 0 unspecified atom stereocenters.